The maximum absolute atomic E-state index is 12.7. The lowest BCUT2D eigenvalue weighted by molar-refractivity contribution is -0.120. The summed E-state index contributed by atoms with van der Waals surface area (Å²) in [5.41, 5.74) is -6.36. The second kappa shape index (κ2) is 7.95. The van der Waals surface area contributed by atoms with Crippen molar-refractivity contribution in [3.8, 4) is 11.6 Å². The van der Waals surface area contributed by atoms with Crippen LogP contribution >= 0.6 is 11.6 Å². The Morgan fingerprint density at radius 2 is 1.77 bits per heavy atom. The highest BCUT2D eigenvalue weighted by Crippen LogP contribution is 2.23. The van der Waals surface area contributed by atoms with Crippen LogP contribution in [0.3, 0.4) is 0 Å². The highest BCUT2D eigenvalue weighted by Gasteiger charge is 2.47. The molecule has 1 heterocycles. The van der Waals surface area contributed by atoms with Crippen LogP contribution in [0, 0.1) is 0 Å². The predicted octanol–water partition coefficient (Wildman–Crippen LogP) is 2.81. The quantitative estimate of drug-likeness (QED) is 0.626. The lowest BCUT2D eigenvalue weighted by Crippen LogP contribution is -2.42. The van der Waals surface area contributed by atoms with E-state index in [0.29, 0.717) is 5.02 Å². The predicted molar refractivity (Wildman–Crippen MR) is 101 cm³/mol. The van der Waals surface area contributed by atoms with E-state index in [9.17, 15) is 31.2 Å². The van der Waals surface area contributed by atoms with Gasteiger partial charge in [0.25, 0.3) is 11.8 Å². The molecule has 1 aromatic heterocycles. The number of hydrogen-bond acceptors (Lipinski definition) is 6. The second-order valence-electron chi connectivity index (χ2n) is 5.83. The zero-order valence-electron chi connectivity index (χ0n) is 14.7. The van der Waals surface area contributed by atoms with Crippen LogP contribution in [0.15, 0.2) is 53.3 Å². The summed E-state index contributed by atoms with van der Waals surface area (Å²) in [6, 6.07) is 11.8. The number of hydrogen-bond donors (Lipinski definition) is 1. The van der Waals surface area contributed by atoms with Crippen LogP contribution in [0.5, 0.6) is 11.6 Å². The van der Waals surface area contributed by atoms with Gasteiger partial charge in [0.2, 0.25) is 0 Å². The van der Waals surface area contributed by atoms with Crippen molar-refractivity contribution >= 4 is 38.6 Å². The van der Waals surface area contributed by atoms with Crippen molar-refractivity contribution in [3.05, 3.63) is 63.9 Å². The lowest BCUT2D eigenvalue weighted by Gasteiger charge is -2.13. The minimum atomic E-state index is -5.92. The van der Waals surface area contributed by atoms with Crippen LogP contribution in [0.2, 0.25) is 5.02 Å². The maximum Gasteiger partial charge on any atom is 0.516 e. The van der Waals surface area contributed by atoms with Gasteiger partial charge in [0.15, 0.2) is 0 Å². The molecule has 0 saturated heterocycles. The molecule has 1 N–H and O–H groups in total. The Kier molecular flexibility index (Phi) is 5.72. The third kappa shape index (κ3) is 4.54. The van der Waals surface area contributed by atoms with E-state index in [-0.39, 0.29) is 16.8 Å². The minimum Gasteiger partial charge on any atom is -0.435 e. The fourth-order valence-electron chi connectivity index (χ4n) is 2.39. The molecule has 0 fully saturated rings. The number of halogens is 4. The zero-order chi connectivity index (χ0) is 22.1. The molecule has 0 aliphatic carbocycles. The van der Waals surface area contributed by atoms with Crippen molar-refractivity contribution in [1.29, 1.82) is 0 Å². The van der Waals surface area contributed by atoms with E-state index >= 15 is 0 Å². The summed E-state index contributed by atoms with van der Waals surface area (Å²) < 4.78 is 66.8. The molecule has 0 aliphatic rings. The number of para-hydroxylation sites is 2. The molecule has 13 heteroatoms. The number of amides is 1. The highest BCUT2D eigenvalue weighted by atomic mass is 35.5. The summed E-state index contributed by atoms with van der Waals surface area (Å²) in [4.78, 5) is 28.8. The number of carbonyl (C=O) groups excluding carboxylic acids is 1. The summed E-state index contributed by atoms with van der Waals surface area (Å²) in [6.07, 6.45) is 0. The van der Waals surface area contributed by atoms with Crippen molar-refractivity contribution in [2.24, 2.45) is 0 Å². The molecule has 0 spiro atoms. The van der Waals surface area contributed by atoms with E-state index < -0.39 is 39.4 Å². The molecule has 8 nitrogen and oxygen atoms in total. The number of benzene rings is 2. The van der Waals surface area contributed by atoms with Crippen molar-refractivity contribution in [2.75, 3.05) is 0 Å². The molecule has 3 rings (SSSR count). The number of alkyl halides is 3. The Bertz CT molecular complexity index is 1270. The molecular formula is C17H11ClF3N3O5S. The average Bonchev–Trinajstić information content (AvgIpc) is 2.65. The Labute approximate surface area is 171 Å². The van der Waals surface area contributed by atoms with Crippen LogP contribution < -0.4 is 15.0 Å². The Balaban J connectivity index is 2.01. The number of rotatable bonds is 5. The molecule has 0 saturated carbocycles. The first-order valence-electron chi connectivity index (χ1n) is 8.03. The van der Waals surface area contributed by atoms with Gasteiger partial charge in [-0.2, -0.15) is 21.6 Å². The maximum atomic E-state index is 12.7. The first-order chi connectivity index (χ1) is 14.0. The number of sulfonamides is 1. The van der Waals surface area contributed by atoms with E-state index in [1.54, 1.807) is 6.07 Å². The van der Waals surface area contributed by atoms with Crippen molar-refractivity contribution in [1.82, 2.24) is 14.3 Å². The Hall–Kier alpha value is -3.12. The fraction of sp³-hybridized carbons (Fsp3) is 0.118. The van der Waals surface area contributed by atoms with E-state index in [0.717, 1.165) is 9.29 Å². The fourth-order valence-corrected chi connectivity index (χ4v) is 3.00. The van der Waals surface area contributed by atoms with Gasteiger partial charge < -0.3 is 4.74 Å². The van der Waals surface area contributed by atoms with Crippen molar-refractivity contribution in [2.45, 2.75) is 12.1 Å². The number of carbonyl (C=O) groups is 1. The first kappa shape index (κ1) is 21.6. The van der Waals surface area contributed by atoms with Crippen LogP contribution in [0.4, 0.5) is 13.2 Å². The minimum absolute atomic E-state index is 0.0884. The molecule has 3 aromatic rings. The van der Waals surface area contributed by atoms with Crippen molar-refractivity contribution < 1.29 is 31.1 Å². The average molecular weight is 462 g/mol. The SMILES string of the molecule is O=C(Cn1c(=O)c(Oc2ccc(Cl)cc2)nc2ccccc21)NS(=O)(=O)C(F)(F)F. The second-order valence-corrected chi connectivity index (χ2v) is 7.94. The summed E-state index contributed by atoms with van der Waals surface area (Å²) in [7, 11) is -5.92. The van der Waals surface area contributed by atoms with Crippen LogP contribution in [-0.4, -0.2) is 29.4 Å². The van der Waals surface area contributed by atoms with E-state index in [1.165, 1.54) is 42.5 Å². The van der Waals surface area contributed by atoms with Gasteiger partial charge in [-0.05, 0) is 36.4 Å². The lowest BCUT2D eigenvalue weighted by atomic mass is 10.3. The monoisotopic (exact) mass is 461 g/mol. The van der Waals surface area contributed by atoms with Gasteiger partial charge in [0, 0.05) is 5.02 Å². The van der Waals surface area contributed by atoms with Crippen LogP contribution in [0.1, 0.15) is 0 Å². The topological polar surface area (TPSA) is 107 Å². The molecule has 0 aliphatic heterocycles. The third-order valence-corrected chi connectivity index (χ3v) is 5.06. The van der Waals surface area contributed by atoms with Gasteiger partial charge in [-0.25, -0.2) is 9.71 Å². The van der Waals surface area contributed by atoms with Gasteiger partial charge in [-0.3, -0.25) is 14.2 Å². The van der Waals surface area contributed by atoms with Crippen LogP contribution in [-0.2, 0) is 21.4 Å². The number of nitrogens with zero attached hydrogens (tertiary/aromatic N) is 2. The number of nitrogens with one attached hydrogen (secondary N) is 1. The van der Waals surface area contributed by atoms with Gasteiger partial charge in [-0.1, -0.05) is 23.7 Å². The third-order valence-electron chi connectivity index (χ3n) is 3.71. The molecule has 158 valence electrons. The normalized spacial score (nSPS) is 12.0. The summed E-state index contributed by atoms with van der Waals surface area (Å²) in [5, 5.41) is 0.411. The zero-order valence-corrected chi connectivity index (χ0v) is 16.3. The molecular weight excluding hydrogens is 451 g/mol. The van der Waals surface area contributed by atoms with Gasteiger partial charge in [-0.15, -0.1) is 0 Å². The number of aromatic nitrogens is 2. The molecule has 0 radical (unpaired) electrons. The molecule has 2 aromatic carbocycles. The molecule has 0 bridgehead atoms. The largest absolute Gasteiger partial charge is 0.516 e. The summed E-state index contributed by atoms with van der Waals surface area (Å²) in [5.74, 6) is -1.85. The van der Waals surface area contributed by atoms with Gasteiger partial charge >= 0.3 is 21.1 Å². The van der Waals surface area contributed by atoms with E-state index in [1.807, 2.05) is 0 Å². The smallest absolute Gasteiger partial charge is 0.435 e. The summed E-state index contributed by atoms with van der Waals surface area (Å²) in [6.45, 7) is -1.02. The summed E-state index contributed by atoms with van der Waals surface area (Å²) >= 11 is 5.78. The van der Waals surface area contributed by atoms with Crippen LogP contribution in [0.25, 0.3) is 11.0 Å². The van der Waals surface area contributed by atoms with E-state index in [2.05, 4.69) is 4.98 Å². The molecule has 0 atom stereocenters. The Morgan fingerprint density at radius 3 is 2.40 bits per heavy atom. The first-order valence-corrected chi connectivity index (χ1v) is 9.89. The standard InChI is InChI=1S/C17H11ClF3N3O5S/c18-10-5-7-11(8-6-10)29-15-16(26)24(13-4-2-1-3-12(13)22-15)9-14(25)23-30(27,28)17(19,20)21/h1-8H,9H2,(H,23,25). The molecule has 0 unspecified atom stereocenters. The molecule has 1 amide bonds. The van der Waals surface area contributed by atoms with Gasteiger partial charge in [0.05, 0.1) is 11.0 Å². The van der Waals surface area contributed by atoms with Crippen molar-refractivity contribution in [3.63, 3.8) is 0 Å². The van der Waals surface area contributed by atoms with E-state index in [4.69, 9.17) is 16.3 Å². The number of ether oxygens (including phenoxy) is 1. The highest BCUT2D eigenvalue weighted by molar-refractivity contribution is 7.90. The number of fused-ring (bicyclic) bond motifs is 1. The Morgan fingerprint density at radius 1 is 1.13 bits per heavy atom. The van der Waals surface area contributed by atoms with Gasteiger partial charge in [0.1, 0.15) is 12.3 Å². The molecule has 30 heavy (non-hydrogen) atoms.